The largest absolute Gasteiger partial charge is 0.339 e. The maximum Gasteiger partial charge on any atom is 0.227 e. The van der Waals surface area contributed by atoms with Crippen molar-refractivity contribution in [3.8, 4) is 0 Å². The van der Waals surface area contributed by atoms with Crippen molar-refractivity contribution in [3.63, 3.8) is 0 Å². The molecule has 2 heteroatoms. The standard InChI is InChI=1S/C23H23NO/c1-14-20-16-8-2-4-10-18(16)23(19-11-5-3-9-17(19)20)13-15-7-6-12-24(15)22(25)21(14)23/h2-5,8-11,14-15,20-21H,6-7,12-13H2,1H3/t14-,15-,20?,21-,23?/m1/s1. The maximum absolute atomic E-state index is 13.6. The van der Waals surface area contributed by atoms with Crippen LogP contribution in [0.15, 0.2) is 48.5 Å². The highest BCUT2D eigenvalue weighted by molar-refractivity contribution is 5.86. The van der Waals surface area contributed by atoms with Gasteiger partial charge in [-0.2, -0.15) is 0 Å². The van der Waals surface area contributed by atoms with E-state index in [1.165, 1.54) is 35.1 Å². The fraction of sp³-hybridized carbons (Fsp3) is 0.435. The molecule has 126 valence electrons. The van der Waals surface area contributed by atoms with Crippen LogP contribution in [0.5, 0.6) is 0 Å². The first-order chi connectivity index (χ1) is 12.2. The molecule has 2 aromatic rings. The Morgan fingerprint density at radius 3 is 2.32 bits per heavy atom. The first-order valence-electron chi connectivity index (χ1n) is 9.73. The minimum absolute atomic E-state index is 0.107. The Balaban J connectivity index is 1.71. The van der Waals surface area contributed by atoms with Crippen molar-refractivity contribution >= 4 is 5.91 Å². The Labute approximate surface area is 148 Å². The van der Waals surface area contributed by atoms with E-state index in [0.717, 1.165) is 13.0 Å². The molecule has 2 nitrogen and oxygen atoms in total. The van der Waals surface area contributed by atoms with Crippen LogP contribution in [-0.2, 0) is 10.2 Å². The molecule has 2 bridgehead atoms. The zero-order valence-electron chi connectivity index (χ0n) is 14.6. The fourth-order valence-corrected chi connectivity index (χ4v) is 6.88. The monoisotopic (exact) mass is 329 g/mol. The van der Waals surface area contributed by atoms with Gasteiger partial charge in [-0.05, 0) is 47.4 Å². The normalized spacial score (nSPS) is 37.3. The molecule has 2 saturated heterocycles. The lowest BCUT2D eigenvalue weighted by Gasteiger charge is -2.61. The Bertz CT molecular complexity index is 853. The minimum Gasteiger partial charge on any atom is -0.339 e. The molecule has 0 radical (unpaired) electrons. The van der Waals surface area contributed by atoms with Crippen molar-refractivity contribution in [2.45, 2.75) is 43.6 Å². The van der Waals surface area contributed by atoms with Crippen molar-refractivity contribution < 1.29 is 4.79 Å². The summed E-state index contributed by atoms with van der Waals surface area (Å²) in [5.74, 6) is 1.27. The van der Waals surface area contributed by atoms with Gasteiger partial charge in [0.1, 0.15) is 0 Å². The Morgan fingerprint density at radius 1 is 1.00 bits per heavy atom. The lowest BCUT2D eigenvalue weighted by Crippen LogP contribution is -2.63. The van der Waals surface area contributed by atoms with Gasteiger partial charge in [0, 0.05) is 23.9 Å². The zero-order valence-corrected chi connectivity index (χ0v) is 14.6. The van der Waals surface area contributed by atoms with Crippen LogP contribution in [-0.4, -0.2) is 23.4 Å². The summed E-state index contributed by atoms with van der Waals surface area (Å²) in [4.78, 5) is 15.8. The summed E-state index contributed by atoms with van der Waals surface area (Å²) in [7, 11) is 0. The van der Waals surface area contributed by atoms with Gasteiger partial charge in [-0.25, -0.2) is 0 Å². The van der Waals surface area contributed by atoms with Crippen LogP contribution in [0.2, 0.25) is 0 Å². The van der Waals surface area contributed by atoms with Crippen LogP contribution in [0, 0.1) is 11.8 Å². The quantitative estimate of drug-likeness (QED) is 0.713. The molecule has 3 atom stereocenters. The SMILES string of the molecule is C[C@@H]1C2c3ccccc3C3(C[C@H]4CCCN4C(=O)[C@@H]13)c1ccccc12. The molecule has 2 aromatic carbocycles. The maximum atomic E-state index is 13.6. The summed E-state index contributed by atoms with van der Waals surface area (Å²) in [5.41, 5.74) is 5.74. The van der Waals surface area contributed by atoms with Crippen molar-refractivity contribution in [1.29, 1.82) is 0 Å². The van der Waals surface area contributed by atoms with Gasteiger partial charge < -0.3 is 4.90 Å². The molecule has 0 aromatic heterocycles. The third-order valence-corrected chi connectivity index (χ3v) is 7.62. The number of carbonyl (C=O) groups excluding carboxylic acids is 1. The molecule has 0 unspecified atom stereocenters. The first kappa shape index (κ1) is 14.1. The van der Waals surface area contributed by atoms with Gasteiger partial charge in [0.25, 0.3) is 0 Å². The predicted molar refractivity (Wildman–Crippen MR) is 97.5 cm³/mol. The summed E-state index contributed by atoms with van der Waals surface area (Å²) in [6.45, 7) is 3.29. The van der Waals surface area contributed by atoms with Gasteiger partial charge >= 0.3 is 0 Å². The summed E-state index contributed by atoms with van der Waals surface area (Å²) in [6, 6.07) is 18.4. The summed E-state index contributed by atoms with van der Waals surface area (Å²) >= 11 is 0. The van der Waals surface area contributed by atoms with E-state index in [4.69, 9.17) is 0 Å². The van der Waals surface area contributed by atoms with Crippen LogP contribution in [0.25, 0.3) is 0 Å². The van der Waals surface area contributed by atoms with Gasteiger partial charge in [-0.15, -0.1) is 0 Å². The van der Waals surface area contributed by atoms with Gasteiger partial charge in [0.15, 0.2) is 0 Å². The van der Waals surface area contributed by atoms with Gasteiger partial charge in [-0.3, -0.25) is 4.79 Å². The molecule has 1 amide bonds. The highest BCUT2D eigenvalue weighted by Crippen LogP contribution is 2.65. The molecular weight excluding hydrogens is 306 g/mol. The number of fused-ring (bicyclic) bond motifs is 1. The Morgan fingerprint density at radius 2 is 1.64 bits per heavy atom. The first-order valence-corrected chi connectivity index (χ1v) is 9.73. The highest BCUT2D eigenvalue weighted by Gasteiger charge is 2.64. The van der Waals surface area contributed by atoms with Crippen molar-refractivity contribution in [2.24, 2.45) is 11.8 Å². The average molecular weight is 329 g/mol. The molecule has 5 aliphatic rings. The number of piperidine rings is 1. The average Bonchev–Trinajstić information content (AvgIpc) is 3.11. The predicted octanol–water partition coefficient (Wildman–Crippen LogP) is 4.08. The van der Waals surface area contributed by atoms with Gasteiger partial charge in [0.2, 0.25) is 5.91 Å². The van der Waals surface area contributed by atoms with E-state index < -0.39 is 0 Å². The van der Waals surface area contributed by atoms with E-state index >= 15 is 0 Å². The summed E-state index contributed by atoms with van der Waals surface area (Å²) in [6.07, 6.45) is 3.44. The second-order valence-electron chi connectivity index (χ2n) is 8.49. The van der Waals surface area contributed by atoms with Crippen LogP contribution >= 0.6 is 0 Å². The summed E-state index contributed by atoms with van der Waals surface area (Å²) in [5, 5.41) is 0. The number of hydrogen-bond acceptors (Lipinski definition) is 1. The van der Waals surface area contributed by atoms with Crippen LogP contribution in [0.3, 0.4) is 0 Å². The molecular formula is C23H23NO. The molecule has 0 saturated carbocycles. The molecule has 3 aliphatic carbocycles. The third kappa shape index (κ3) is 1.47. The number of amides is 1. The molecule has 0 N–H and O–H groups in total. The topological polar surface area (TPSA) is 20.3 Å². The molecule has 2 aliphatic heterocycles. The van der Waals surface area contributed by atoms with Crippen LogP contribution in [0.4, 0.5) is 0 Å². The van der Waals surface area contributed by atoms with E-state index in [-0.39, 0.29) is 11.3 Å². The highest BCUT2D eigenvalue weighted by atomic mass is 16.2. The second-order valence-corrected chi connectivity index (χ2v) is 8.49. The van der Waals surface area contributed by atoms with Crippen LogP contribution in [0.1, 0.15) is 54.4 Å². The van der Waals surface area contributed by atoms with Crippen molar-refractivity contribution in [3.05, 3.63) is 70.8 Å². The molecule has 2 heterocycles. The van der Waals surface area contributed by atoms with Gasteiger partial charge in [0.05, 0.1) is 5.92 Å². The number of carbonyl (C=O) groups is 1. The molecule has 25 heavy (non-hydrogen) atoms. The zero-order chi connectivity index (χ0) is 16.8. The van der Waals surface area contributed by atoms with Crippen molar-refractivity contribution in [1.82, 2.24) is 4.90 Å². The Hall–Kier alpha value is -2.09. The molecule has 7 rings (SSSR count). The lowest BCUT2D eigenvalue weighted by atomic mass is 9.44. The summed E-state index contributed by atoms with van der Waals surface area (Å²) < 4.78 is 0. The third-order valence-electron chi connectivity index (χ3n) is 7.62. The number of rotatable bonds is 0. The molecule has 2 fully saturated rings. The minimum atomic E-state index is -0.107. The molecule has 1 spiro atoms. The van der Waals surface area contributed by atoms with E-state index in [2.05, 4.69) is 60.4 Å². The second kappa shape index (κ2) is 4.55. The smallest absolute Gasteiger partial charge is 0.227 e. The van der Waals surface area contributed by atoms with E-state index in [1.54, 1.807) is 0 Å². The van der Waals surface area contributed by atoms with E-state index in [0.29, 0.717) is 23.8 Å². The fourth-order valence-electron chi connectivity index (χ4n) is 6.88. The van der Waals surface area contributed by atoms with E-state index in [1.807, 2.05) is 0 Å². The number of hydrogen-bond donors (Lipinski definition) is 0. The lowest BCUT2D eigenvalue weighted by molar-refractivity contribution is -0.147. The number of benzene rings is 2. The van der Waals surface area contributed by atoms with Crippen LogP contribution < -0.4 is 0 Å². The Kier molecular flexibility index (Phi) is 2.57. The number of nitrogens with zero attached hydrogens (tertiary/aromatic N) is 1. The van der Waals surface area contributed by atoms with E-state index in [9.17, 15) is 4.79 Å². The van der Waals surface area contributed by atoms with Gasteiger partial charge in [-0.1, -0.05) is 55.5 Å². The van der Waals surface area contributed by atoms with Crippen molar-refractivity contribution in [2.75, 3.05) is 6.54 Å².